The number of methoxy groups -OCH3 is 2. The van der Waals surface area contributed by atoms with Crippen LogP contribution in [0, 0.1) is 0 Å². The van der Waals surface area contributed by atoms with Gasteiger partial charge in [0.25, 0.3) is 0 Å². The van der Waals surface area contributed by atoms with Gasteiger partial charge >= 0.3 is 8.64 Å². The van der Waals surface area contributed by atoms with Crippen LogP contribution in [0.5, 0.6) is 11.1 Å². The molecule has 0 aromatic carbocycles. The maximum Gasteiger partial charge on any atom is 0.312 e. The lowest BCUT2D eigenvalue weighted by atomic mass is 10.1. The molecule has 2 N–H and O–H groups in total. The van der Waals surface area contributed by atoms with Gasteiger partial charge in [0.15, 0.2) is 11.1 Å². The molecule has 1 aromatic rings. The molecule has 1 aromatic heterocycles. The Bertz CT molecular complexity index is 357. The second kappa shape index (κ2) is 5.86. The molecule has 0 spiro atoms. The van der Waals surface area contributed by atoms with Crippen molar-refractivity contribution in [2.75, 3.05) is 21.3 Å². The average molecular weight is 241 g/mol. The molecule has 1 rings (SSSR count). The van der Waals surface area contributed by atoms with Gasteiger partial charge in [0.1, 0.15) is 0 Å². The molecule has 90 valence electrons. The smallest absolute Gasteiger partial charge is 0.312 e. The zero-order chi connectivity index (χ0) is 12.1. The van der Waals surface area contributed by atoms with E-state index >= 15 is 0 Å². The van der Waals surface area contributed by atoms with E-state index in [2.05, 4.69) is 0 Å². The van der Waals surface area contributed by atoms with E-state index in [1.54, 1.807) is 21.3 Å². The summed E-state index contributed by atoms with van der Waals surface area (Å²) in [4.78, 5) is 0. The lowest BCUT2D eigenvalue weighted by Crippen LogP contribution is -2.16. The summed E-state index contributed by atoms with van der Waals surface area (Å²) in [5.41, 5.74) is 9.03. The molecular formula is C11H19NO3Si. The van der Waals surface area contributed by atoms with Crippen LogP contribution in [0.3, 0.4) is 0 Å². The summed E-state index contributed by atoms with van der Waals surface area (Å²) in [6.07, 6.45) is 0.860. The lowest BCUT2D eigenvalue weighted by molar-refractivity contribution is 0.349. The second-order valence-corrected chi connectivity index (χ2v) is 5.36. The van der Waals surface area contributed by atoms with Crippen molar-refractivity contribution in [2.45, 2.75) is 19.4 Å². The Morgan fingerprint density at radius 3 is 2.44 bits per heavy atom. The van der Waals surface area contributed by atoms with Crippen molar-refractivity contribution < 1.29 is 13.9 Å². The highest BCUT2D eigenvalue weighted by Gasteiger charge is 2.19. The molecule has 1 atom stereocenters. The monoisotopic (exact) mass is 241 g/mol. The normalized spacial score (nSPS) is 12.1. The Morgan fingerprint density at radius 2 is 2.00 bits per heavy atom. The number of nitrogens with two attached hydrogens (primary N) is 1. The molecule has 0 amide bonds. The molecule has 16 heavy (non-hydrogen) atoms. The van der Waals surface area contributed by atoms with Crippen LogP contribution in [0.1, 0.15) is 24.9 Å². The molecule has 0 aliphatic heterocycles. The minimum Gasteiger partial charge on any atom is -0.548 e. The van der Waals surface area contributed by atoms with Crippen molar-refractivity contribution in [3.63, 3.8) is 0 Å². The third kappa shape index (κ3) is 2.36. The first-order valence-corrected chi connectivity index (χ1v) is 6.72. The third-order valence-electron chi connectivity index (χ3n) is 2.57. The van der Waals surface area contributed by atoms with E-state index in [0.29, 0.717) is 0 Å². The minimum absolute atomic E-state index is 0.0308. The van der Waals surface area contributed by atoms with Gasteiger partial charge in [0.05, 0.1) is 21.3 Å². The molecule has 0 fully saturated rings. The third-order valence-corrected chi connectivity index (χ3v) is 4.36. The largest absolute Gasteiger partial charge is 0.548 e. The summed E-state index contributed by atoms with van der Waals surface area (Å²) >= 11 is 0. The van der Waals surface area contributed by atoms with Crippen LogP contribution < -0.4 is 19.6 Å². The Labute approximate surface area is 98.0 Å². The summed E-state index contributed by atoms with van der Waals surface area (Å²) in [5, 5.41) is 0.774. The van der Waals surface area contributed by atoms with Crippen LogP contribution in [0.2, 0.25) is 0 Å². The van der Waals surface area contributed by atoms with E-state index in [9.17, 15) is 0 Å². The van der Waals surface area contributed by atoms with Crippen molar-refractivity contribution in [3.05, 3.63) is 17.3 Å². The standard InChI is InChI=1S/C11H19NO3Si/c1-5-9(12)8-6-7-16(15-4)11(14-3)10(8)13-2/h6-7,9H,5,12H2,1-4H3. The van der Waals surface area contributed by atoms with E-state index in [-0.39, 0.29) is 6.04 Å². The minimum atomic E-state index is -1.24. The molecule has 0 aliphatic rings. The maximum absolute atomic E-state index is 6.03. The van der Waals surface area contributed by atoms with Gasteiger partial charge in [0, 0.05) is 11.6 Å². The van der Waals surface area contributed by atoms with Gasteiger partial charge in [-0.3, -0.25) is 0 Å². The fraction of sp³-hybridized carbons (Fsp3) is 0.545. The highest BCUT2D eigenvalue weighted by atomic mass is 28.3. The topological polar surface area (TPSA) is 53.7 Å². The Hall–Kier alpha value is -1.07. The van der Waals surface area contributed by atoms with Gasteiger partial charge < -0.3 is 19.6 Å². The number of rotatable bonds is 5. The Kier molecular flexibility index (Phi) is 4.76. The van der Waals surface area contributed by atoms with Crippen molar-refractivity contribution in [3.8, 4) is 11.1 Å². The van der Waals surface area contributed by atoms with Crippen LogP contribution in [-0.4, -0.2) is 30.0 Å². The van der Waals surface area contributed by atoms with Crippen molar-refractivity contribution in [1.82, 2.24) is 0 Å². The van der Waals surface area contributed by atoms with Gasteiger partial charge in [-0.15, -0.1) is 0 Å². The van der Waals surface area contributed by atoms with Crippen LogP contribution in [-0.2, 0) is 0 Å². The molecule has 1 unspecified atom stereocenters. The first-order valence-electron chi connectivity index (χ1n) is 5.24. The van der Waals surface area contributed by atoms with E-state index in [1.807, 2.05) is 18.7 Å². The molecule has 0 radical (unpaired) electrons. The molecular weight excluding hydrogens is 222 g/mol. The fourth-order valence-corrected chi connectivity index (χ4v) is 3.11. The highest BCUT2D eigenvalue weighted by molar-refractivity contribution is 6.50. The van der Waals surface area contributed by atoms with Crippen LogP contribution in [0.25, 0.3) is 0 Å². The first kappa shape index (κ1) is 13.0. The van der Waals surface area contributed by atoms with Gasteiger partial charge in [-0.05, 0) is 12.1 Å². The molecule has 0 saturated heterocycles. The number of ether oxygens (including phenoxy) is 2. The van der Waals surface area contributed by atoms with Crippen molar-refractivity contribution in [1.29, 1.82) is 0 Å². The van der Waals surface area contributed by atoms with E-state index < -0.39 is 8.64 Å². The summed E-state index contributed by atoms with van der Waals surface area (Å²) < 4.78 is 16.2. The number of hydrogen-bond donors (Lipinski definition) is 1. The van der Waals surface area contributed by atoms with E-state index in [0.717, 1.165) is 23.1 Å². The fourth-order valence-electron chi connectivity index (χ4n) is 1.64. The molecule has 0 saturated carbocycles. The average Bonchev–Trinajstić information content (AvgIpc) is 2.35. The van der Waals surface area contributed by atoms with Gasteiger partial charge in [0.2, 0.25) is 0 Å². The zero-order valence-electron chi connectivity index (χ0n) is 10.2. The Morgan fingerprint density at radius 1 is 1.31 bits per heavy atom. The maximum atomic E-state index is 6.03. The lowest BCUT2D eigenvalue weighted by Gasteiger charge is -2.18. The van der Waals surface area contributed by atoms with Crippen LogP contribution in [0.4, 0.5) is 0 Å². The summed E-state index contributed by atoms with van der Waals surface area (Å²) in [5.74, 6) is 0.732. The van der Waals surface area contributed by atoms with Crippen molar-refractivity contribution >= 4 is 8.64 Å². The summed E-state index contributed by atoms with van der Waals surface area (Å²) in [6, 6.07) is 1.96. The molecule has 0 bridgehead atoms. The summed E-state index contributed by atoms with van der Waals surface area (Å²) in [6.45, 7) is 2.04. The zero-order valence-corrected chi connectivity index (χ0v) is 11.2. The highest BCUT2D eigenvalue weighted by Crippen LogP contribution is 2.33. The molecule has 1 heterocycles. The second-order valence-electron chi connectivity index (χ2n) is 3.44. The quantitative estimate of drug-likeness (QED) is 0.787. The van der Waals surface area contributed by atoms with Crippen LogP contribution in [0.15, 0.2) is 11.7 Å². The SMILES string of the molecule is CCC(N)c1cc[si](OC)c(OC)c1OC. The van der Waals surface area contributed by atoms with Gasteiger partial charge in [-0.2, -0.15) is 0 Å². The van der Waals surface area contributed by atoms with Gasteiger partial charge in [-0.1, -0.05) is 13.0 Å². The van der Waals surface area contributed by atoms with Crippen molar-refractivity contribution in [2.24, 2.45) is 5.73 Å². The van der Waals surface area contributed by atoms with E-state index in [1.165, 1.54) is 0 Å². The summed E-state index contributed by atoms with van der Waals surface area (Å²) in [7, 11) is 3.70. The first-order chi connectivity index (χ1) is 7.69. The Balaban J connectivity index is 3.31. The predicted molar refractivity (Wildman–Crippen MR) is 65.2 cm³/mol. The molecule has 0 aliphatic carbocycles. The van der Waals surface area contributed by atoms with E-state index in [4.69, 9.17) is 19.6 Å². The molecule has 5 heteroatoms. The van der Waals surface area contributed by atoms with Crippen LogP contribution >= 0.6 is 0 Å². The predicted octanol–water partition coefficient (Wildman–Crippen LogP) is 1.20. The molecule has 4 nitrogen and oxygen atoms in total. The van der Waals surface area contributed by atoms with Gasteiger partial charge in [-0.25, -0.2) is 0 Å². The number of hydrogen-bond acceptors (Lipinski definition) is 4.